The van der Waals surface area contributed by atoms with Crippen molar-refractivity contribution in [2.45, 2.75) is 33.0 Å². The Morgan fingerprint density at radius 1 is 1.40 bits per heavy atom. The lowest BCUT2D eigenvalue weighted by Crippen LogP contribution is -2.25. The first-order valence-electron chi connectivity index (χ1n) is 4.96. The molecule has 0 aromatic rings. The normalized spacial score (nSPS) is 19.6. The van der Waals surface area contributed by atoms with Crippen LogP contribution in [0.5, 0.6) is 0 Å². The van der Waals surface area contributed by atoms with Crippen LogP contribution < -0.4 is 5.73 Å². The van der Waals surface area contributed by atoms with E-state index in [2.05, 4.69) is 0 Å². The summed E-state index contributed by atoms with van der Waals surface area (Å²) in [6.45, 7) is 5.18. The van der Waals surface area contributed by atoms with Gasteiger partial charge in [-0.1, -0.05) is 13.8 Å². The molecule has 0 saturated heterocycles. The van der Waals surface area contributed by atoms with Crippen LogP contribution in [0.25, 0.3) is 0 Å². The van der Waals surface area contributed by atoms with Gasteiger partial charge in [0.25, 0.3) is 0 Å². The number of hydrogen-bond acceptors (Lipinski definition) is 3. The van der Waals surface area contributed by atoms with Gasteiger partial charge < -0.3 is 15.7 Å². The summed E-state index contributed by atoms with van der Waals surface area (Å²) >= 11 is 0. The fraction of sp³-hybridized carbons (Fsp3) is 0.889. The lowest BCUT2D eigenvalue weighted by molar-refractivity contribution is -0.141. The number of nitrogens with two attached hydrogens (primary N) is 1. The van der Waals surface area contributed by atoms with Crippen molar-refractivity contribution < 1.29 is 19.4 Å². The molecule has 0 rings (SSSR count). The van der Waals surface area contributed by atoms with E-state index in [4.69, 9.17) is 10.8 Å². The minimum atomic E-state index is -3.53. The molecule has 3 atom stereocenters. The highest BCUT2D eigenvalue weighted by Crippen LogP contribution is 2.46. The molecule has 6 heteroatoms. The molecule has 0 aliphatic carbocycles. The Hall–Kier alpha value is -0.380. The van der Waals surface area contributed by atoms with Crippen LogP contribution in [-0.2, 0) is 9.36 Å². The number of hydrogen-bond donors (Lipinski definition) is 3. The Kier molecular flexibility index (Phi) is 5.49. The number of carbonyl (C=O) groups is 1. The topological polar surface area (TPSA) is 101 Å². The summed E-state index contributed by atoms with van der Waals surface area (Å²) in [5.74, 6) is -2.50. The van der Waals surface area contributed by atoms with Gasteiger partial charge in [0.1, 0.15) is 0 Å². The largest absolute Gasteiger partial charge is 0.481 e. The third-order valence-corrected chi connectivity index (χ3v) is 4.46. The second kappa shape index (κ2) is 5.64. The van der Waals surface area contributed by atoms with E-state index in [0.29, 0.717) is 6.42 Å². The first-order valence-corrected chi connectivity index (χ1v) is 6.88. The van der Waals surface area contributed by atoms with Crippen LogP contribution in [0.3, 0.4) is 0 Å². The minimum Gasteiger partial charge on any atom is -0.481 e. The third kappa shape index (κ3) is 5.30. The van der Waals surface area contributed by atoms with E-state index in [9.17, 15) is 14.3 Å². The molecule has 0 aliphatic heterocycles. The monoisotopic (exact) mass is 237 g/mol. The second-order valence-corrected chi connectivity index (χ2v) is 7.03. The van der Waals surface area contributed by atoms with Gasteiger partial charge in [-0.25, -0.2) is 0 Å². The predicted octanol–water partition coefficient (Wildman–Crippen LogP) is 1.31. The van der Waals surface area contributed by atoms with E-state index >= 15 is 0 Å². The predicted molar refractivity (Wildman–Crippen MR) is 58.9 cm³/mol. The molecule has 5 nitrogen and oxygen atoms in total. The molecule has 0 aliphatic rings. The zero-order chi connectivity index (χ0) is 12.2. The van der Waals surface area contributed by atoms with Gasteiger partial charge in [-0.15, -0.1) is 0 Å². The smallest absolute Gasteiger partial charge is 0.307 e. The summed E-state index contributed by atoms with van der Waals surface area (Å²) in [5.41, 5.74) is 5.34. The van der Waals surface area contributed by atoms with Crippen molar-refractivity contribution in [2.24, 2.45) is 17.6 Å². The van der Waals surface area contributed by atoms with E-state index < -0.39 is 25.0 Å². The number of carboxylic acids is 1. The van der Waals surface area contributed by atoms with Gasteiger partial charge in [0, 0.05) is 6.16 Å². The summed E-state index contributed by atoms with van der Waals surface area (Å²) in [6.07, 6.45) is 0.158. The van der Waals surface area contributed by atoms with Gasteiger partial charge in [-0.05, 0) is 19.3 Å². The van der Waals surface area contributed by atoms with Crippen LogP contribution in [-0.4, -0.2) is 27.9 Å². The number of carboxylic acid groups (broad SMARTS) is 1. The molecule has 0 heterocycles. The Morgan fingerprint density at radius 2 is 1.87 bits per heavy atom. The van der Waals surface area contributed by atoms with E-state index in [1.807, 2.05) is 13.8 Å². The van der Waals surface area contributed by atoms with Crippen LogP contribution in [0, 0.1) is 11.8 Å². The molecule has 90 valence electrons. The highest BCUT2D eigenvalue weighted by molar-refractivity contribution is 7.58. The summed E-state index contributed by atoms with van der Waals surface area (Å²) in [4.78, 5) is 20.4. The molecule has 0 spiro atoms. The van der Waals surface area contributed by atoms with Crippen molar-refractivity contribution in [3.63, 3.8) is 0 Å². The van der Waals surface area contributed by atoms with Crippen molar-refractivity contribution in [1.29, 1.82) is 0 Å². The lowest BCUT2D eigenvalue weighted by atomic mass is 9.99. The van der Waals surface area contributed by atoms with E-state index in [-0.39, 0.29) is 12.1 Å². The van der Waals surface area contributed by atoms with Crippen LogP contribution in [0.4, 0.5) is 0 Å². The maximum absolute atomic E-state index is 11.6. The molecular weight excluding hydrogens is 217 g/mol. The fourth-order valence-electron chi connectivity index (χ4n) is 1.30. The molecule has 0 saturated carbocycles. The Balaban J connectivity index is 4.55. The molecule has 15 heavy (non-hydrogen) atoms. The molecule has 0 amide bonds. The summed E-state index contributed by atoms with van der Waals surface area (Å²) in [7, 11) is -3.53. The first kappa shape index (κ1) is 14.6. The van der Waals surface area contributed by atoms with Crippen LogP contribution in [0.1, 0.15) is 27.2 Å². The molecule has 0 radical (unpaired) electrons. The summed E-state index contributed by atoms with van der Waals surface area (Å²) < 4.78 is 11.6. The van der Waals surface area contributed by atoms with Gasteiger partial charge in [0.2, 0.25) is 7.37 Å². The standard InChI is InChI=1S/C9H20NO4P/c1-6(2)4-8(9(11)12)5-15(13,14)7(3)10/h6-8H,4-5,10H2,1-3H3,(H,11,12)(H,13,14). The van der Waals surface area contributed by atoms with Gasteiger partial charge in [-0.3, -0.25) is 9.36 Å². The van der Waals surface area contributed by atoms with Crippen molar-refractivity contribution in [3.8, 4) is 0 Å². The van der Waals surface area contributed by atoms with Gasteiger partial charge in [0.15, 0.2) is 0 Å². The minimum absolute atomic E-state index is 0.180. The van der Waals surface area contributed by atoms with Gasteiger partial charge >= 0.3 is 5.97 Å². The molecule has 4 N–H and O–H groups in total. The molecule has 3 unspecified atom stereocenters. The molecule has 0 aromatic heterocycles. The van der Waals surface area contributed by atoms with E-state index in [1.165, 1.54) is 6.92 Å². The van der Waals surface area contributed by atoms with E-state index in [1.54, 1.807) is 0 Å². The average Bonchev–Trinajstić information content (AvgIpc) is 2.01. The zero-order valence-electron chi connectivity index (χ0n) is 9.38. The highest BCUT2D eigenvalue weighted by atomic mass is 31.2. The zero-order valence-corrected chi connectivity index (χ0v) is 10.3. The SMILES string of the molecule is CC(C)CC(CP(=O)(O)C(C)N)C(=O)O. The quantitative estimate of drug-likeness (QED) is 0.604. The van der Waals surface area contributed by atoms with Crippen molar-refractivity contribution in [2.75, 3.05) is 6.16 Å². The second-order valence-electron chi connectivity index (χ2n) is 4.34. The highest BCUT2D eigenvalue weighted by Gasteiger charge is 2.32. The molecule has 0 bridgehead atoms. The maximum Gasteiger partial charge on any atom is 0.307 e. The van der Waals surface area contributed by atoms with Crippen molar-refractivity contribution in [1.82, 2.24) is 0 Å². The van der Waals surface area contributed by atoms with Crippen molar-refractivity contribution in [3.05, 3.63) is 0 Å². The van der Waals surface area contributed by atoms with Crippen LogP contribution in [0.2, 0.25) is 0 Å². The van der Waals surface area contributed by atoms with Gasteiger partial charge in [-0.2, -0.15) is 0 Å². The third-order valence-electron chi connectivity index (χ3n) is 2.22. The Labute approximate surface area is 90.1 Å². The van der Waals surface area contributed by atoms with Gasteiger partial charge in [0.05, 0.1) is 11.7 Å². The van der Waals surface area contributed by atoms with Crippen molar-refractivity contribution >= 4 is 13.3 Å². The Bertz CT molecular complexity index is 265. The first-order chi connectivity index (χ1) is 6.66. The number of aliphatic carboxylic acids is 1. The van der Waals surface area contributed by atoms with Crippen LogP contribution in [0.15, 0.2) is 0 Å². The maximum atomic E-state index is 11.6. The van der Waals surface area contributed by atoms with E-state index in [0.717, 1.165) is 0 Å². The lowest BCUT2D eigenvalue weighted by Gasteiger charge is -2.20. The molecular formula is C9H20NO4P. The molecule has 0 fully saturated rings. The average molecular weight is 237 g/mol. The summed E-state index contributed by atoms with van der Waals surface area (Å²) in [5, 5.41) is 8.89. The number of rotatable bonds is 6. The Morgan fingerprint density at radius 3 is 2.13 bits per heavy atom. The molecule has 0 aromatic carbocycles. The fourth-order valence-corrected chi connectivity index (χ4v) is 2.57. The van der Waals surface area contributed by atoms with Crippen LogP contribution >= 0.6 is 7.37 Å². The summed E-state index contributed by atoms with van der Waals surface area (Å²) in [6, 6.07) is 0.